The molecule has 168 valence electrons. The molecule has 2 amide bonds. The van der Waals surface area contributed by atoms with Crippen molar-refractivity contribution in [2.45, 2.75) is 12.8 Å². The third kappa shape index (κ3) is 4.86. The van der Waals surface area contributed by atoms with E-state index in [0.29, 0.717) is 0 Å². The first-order valence-electron chi connectivity index (χ1n) is 10.3. The lowest BCUT2D eigenvalue weighted by Gasteiger charge is -2.16. The van der Waals surface area contributed by atoms with E-state index >= 15 is 0 Å². The van der Waals surface area contributed by atoms with Crippen LogP contribution in [0.15, 0.2) is 66.7 Å². The Morgan fingerprint density at radius 1 is 0.939 bits per heavy atom. The number of carbonyl (C=O) groups excluding carboxylic acids is 2. The summed E-state index contributed by atoms with van der Waals surface area (Å²) in [7, 11) is 0. The highest BCUT2D eigenvalue weighted by atomic mass is 16.7. The Morgan fingerprint density at radius 3 is 2.21 bits per heavy atom. The van der Waals surface area contributed by atoms with Crippen LogP contribution in [0.4, 0.5) is 10.5 Å². The van der Waals surface area contributed by atoms with Gasteiger partial charge in [-0.2, -0.15) is 0 Å². The Bertz CT molecular complexity index is 1180. The van der Waals surface area contributed by atoms with Gasteiger partial charge in [0.25, 0.3) is 5.91 Å². The number of amides is 2. The third-order valence-corrected chi connectivity index (χ3v) is 5.36. The number of aryl methyl sites for hydroxylation is 1. The second-order valence-electron chi connectivity index (χ2n) is 7.61. The Hall–Kier alpha value is -4.17. The van der Waals surface area contributed by atoms with Gasteiger partial charge in [0.05, 0.1) is 11.3 Å². The molecule has 0 aliphatic heterocycles. The van der Waals surface area contributed by atoms with Gasteiger partial charge in [0.2, 0.25) is 0 Å². The molecule has 1 aliphatic carbocycles. The van der Waals surface area contributed by atoms with E-state index in [1.807, 2.05) is 36.4 Å². The van der Waals surface area contributed by atoms with E-state index in [1.165, 1.54) is 0 Å². The molecule has 0 aromatic heterocycles. The van der Waals surface area contributed by atoms with Gasteiger partial charge in [-0.1, -0.05) is 60.2 Å². The topological polar surface area (TPSA) is 114 Å². The zero-order valence-electron chi connectivity index (χ0n) is 17.8. The average Bonchev–Trinajstić information content (AvgIpc) is 3.12. The van der Waals surface area contributed by atoms with Crippen molar-refractivity contribution in [2.75, 3.05) is 18.5 Å². The molecule has 1 aliphatic rings. The van der Waals surface area contributed by atoms with Crippen molar-refractivity contribution in [3.05, 3.63) is 89.0 Å². The third-order valence-electron chi connectivity index (χ3n) is 5.36. The molecule has 0 spiro atoms. The number of carboxylic acid groups (broad SMARTS) is 1. The van der Waals surface area contributed by atoms with Crippen molar-refractivity contribution < 1.29 is 29.1 Å². The lowest BCUT2D eigenvalue weighted by atomic mass is 9.98. The fourth-order valence-electron chi connectivity index (χ4n) is 3.92. The molecular formula is C25H22N2O6. The van der Waals surface area contributed by atoms with Crippen LogP contribution in [0.5, 0.6) is 0 Å². The highest BCUT2D eigenvalue weighted by molar-refractivity contribution is 6.02. The second kappa shape index (κ2) is 9.54. The van der Waals surface area contributed by atoms with Crippen molar-refractivity contribution >= 4 is 23.7 Å². The highest BCUT2D eigenvalue weighted by Gasteiger charge is 2.29. The zero-order chi connectivity index (χ0) is 23.4. The van der Waals surface area contributed by atoms with Crippen LogP contribution in [0, 0.1) is 6.92 Å². The fourth-order valence-corrected chi connectivity index (χ4v) is 3.92. The normalized spacial score (nSPS) is 11.9. The van der Waals surface area contributed by atoms with E-state index in [9.17, 15) is 14.4 Å². The number of benzene rings is 3. The summed E-state index contributed by atoms with van der Waals surface area (Å²) in [5.74, 6) is -2.00. The maximum atomic E-state index is 12.6. The zero-order valence-corrected chi connectivity index (χ0v) is 17.8. The van der Waals surface area contributed by atoms with E-state index in [-0.39, 0.29) is 23.8 Å². The molecule has 3 aromatic carbocycles. The molecule has 0 radical (unpaired) electrons. The number of hydrogen-bond donors (Lipinski definition) is 3. The van der Waals surface area contributed by atoms with E-state index < -0.39 is 24.6 Å². The van der Waals surface area contributed by atoms with Crippen molar-refractivity contribution in [1.29, 1.82) is 0 Å². The van der Waals surface area contributed by atoms with Gasteiger partial charge in [0.15, 0.2) is 6.61 Å². The molecule has 0 saturated heterocycles. The van der Waals surface area contributed by atoms with E-state index in [2.05, 4.69) is 27.8 Å². The van der Waals surface area contributed by atoms with Gasteiger partial charge in [-0.25, -0.2) is 15.1 Å². The lowest BCUT2D eigenvalue weighted by molar-refractivity contribution is -0.144. The summed E-state index contributed by atoms with van der Waals surface area (Å²) < 4.78 is 5.53. The molecular weight excluding hydrogens is 424 g/mol. The van der Waals surface area contributed by atoms with E-state index in [0.717, 1.165) is 27.8 Å². The Morgan fingerprint density at radius 2 is 1.58 bits per heavy atom. The summed E-state index contributed by atoms with van der Waals surface area (Å²) in [5.41, 5.74) is 7.61. The molecule has 0 bridgehead atoms. The number of hydroxylamine groups is 1. The predicted molar refractivity (Wildman–Crippen MR) is 121 cm³/mol. The molecule has 0 unspecified atom stereocenters. The van der Waals surface area contributed by atoms with Crippen LogP contribution in [0.25, 0.3) is 11.1 Å². The summed E-state index contributed by atoms with van der Waals surface area (Å²) >= 11 is 0. The van der Waals surface area contributed by atoms with Crippen molar-refractivity contribution in [2.24, 2.45) is 0 Å². The molecule has 0 heterocycles. The second-order valence-corrected chi connectivity index (χ2v) is 7.61. The van der Waals surface area contributed by atoms with E-state index in [4.69, 9.17) is 9.84 Å². The molecule has 33 heavy (non-hydrogen) atoms. The number of aliphatic carboxylic acids is 1. The first-order chi connectivity index (χ1) is 15.9. The smallest absolute Gasteiger partial charge is 0.411 e. The fraction of sp³-hybridized carbons (Fsp3) is 0.160. The van der Waals surface area contributed by atoms with Crippen LogP contribution in [0.3, 0.4) is 0 Å². The minimum atomic E-state index is -1.23. The molecule has 0 fully saturated rings. The van der Waals surface area contributed by atoms with Crippen molar-refractivity contribution in [3.8, 4) is 11.1 Å². The maximum absolute atomic E-state index is 12.6. The van der Waals surface area contributed by atoms with Crippen LogP contribution in [-0.2, 0) is 14.4 Å². The quantitative estimate of drug-likeness (QED) is 0.471. The number of nitrogens with one attached hydrogen (secondary N) is 2. The van der Waals surface area contributed by atoms with Crippen LogP contribution in [0.1, 0.15) is 33.0 Å². The number of ether oxygens (including phenoxy) is 1. The van der Waals surface area contributed by atoms with Gasteiger partial charge < -0.3 is 9.84 Å². The molecule has 8 nitrogen and oxygen atoms in total. The molecule has 8 heteroatoms. The Labute approximate surface area is 190 Å². The average molecular weight is 446 g/mol. The van der Waals surface area contributed by atoms with Gasteiger partial charge in [0.1, 0.15) is 6.61 Å². The molecule has 4 rings (SSSR count). The van der Waals surface area contributed by atoms with Gasteiger partial charge in [-0.3, -0.25) is 14.9 Å². The van der Waals surface area contributed by atoms with Gasteiger partial charge in [-0.05, 0) is 41.3 Å². The Kier molecular flexibility index (Phi) is 6.37. The number of carbonyl (C=O) groups is 3. The van der Waals surface area contributed by atoms with Crippen molar-refractivity contribution in [3.63, 3.8) is 0 Å². The van der Waals surface area contributed by atoms with Crippen LogP contribution in [0.2, 0.25) is 0 Å². The summed E-state index contributed by atoms with van der Waals surface area (Å²) in [4.78, 5) is 40.2. The Balaban J connectivity index is 1.45. The number of hydrogen-bond acceptors (Lipinski definition) is 5. The maximum Gasteiger partial charge on any atom is 0.411 e. The van der Waals surface area contributed by atoms with Crippen LogP contribution in [-0.4, -0.2) is 36.3 Å². The number of rotatable bonds is 7. The minimum absolute atomic E-state index is 0.0895. The summed E-state index contributed by atoms with van der Waals surface area (Å²) in [5, 5.41) is 11.2. The highest BCUT2D eigenvalue weighted by Crippen LogP contribution is 2.44. The van der Waals surface area contributed by atoms with Gasteiger partial charge in [0, 0.05) is 5.92 Å². The summed E-state index contributed by atoms with van der Waals surface area (Å²) in [6, 6.07) is 20.9. The first kappa shape index (κ1) is 22.0. The molecule has 0 saturated carbocycles. The predicted octanol–water partition coefficient (Wildman–Crippen LogP) is 4.10. The van der Waals surface area contributed by atoms with Crippen molar-refractivity contribution in [1.82, 2.24) is 5.48 Å². The number of fused-ring (bicyclic) bond motifs is 3. The molecule has 0 atom stereocenters. The van der Waals surface area contributed by atoms with Crippen LogP contribution < -0.4 is 10.8 Å². The van der Waals surface area contributed by atoms with Crippen LogP contribution >= 0.6 is 0 Å². The number of anilines is 1. The van der Waals surface area contributed by atoms with Gasteiger partial charge >= 0.3 is 12.1 Å². The van der Waals surface area contributed by atoms with Gasteiger partial charge in [-0.15, -0.1) is 0 Å². The largest absolute Gasteiger partial charge is 0.479 e. The number of carboxylic acids is 1. The summed E-state index contributed by atoms with van der Waals surface area (Å²) in [6.45, 7) is 1.23. The lowest BCUT2D eigenvalue weighted by Crippen LogP contribution is -2.28. The monoisotopic (exact) mass is 446 g/mol. The summed E-state index contributed by atoms with van der Waals surface area (Å²) in [6.07, 6.45) is -0.707. The first-order valence-corrected chi connectivity index (χ1v) is 10.3. The molecule has 3 N–H and O–H groups in total. The molecule has 3 aromatic rings. The van der Waals surface area contributed by atoms with E-state index in [1.54, 1.807) is 25.1 Å². The minimum Gasteiger partial charge on any atom is -0.479 e. The standard InChI is InChI=1S/C25H22N2O6/c1-15-10-11-22(20(12-15)24(30)27-33-14-23(28)29)26-25(31)32-13-21-18-8-4-2-6-16(18)17-7-3-5-9-19(17)21/h2-12,21H,13-14H2,1H3,(H,26,31)(H,27,30)(H,28,29). The SMILES string of the molecule is Cc1ccc(NC(=O)OCC2c3ccccc3-c3ccccc32)c(C(=O)NOCC(=O)O)c1.